The molecule has 1 fully saturated rings. The van der Waals surface area contributed by atoms with Gasteiger partial charge in [0.25, 0.3) is 0 Å². The summed E-state index contributed by atoms with van der Waals surface area (Å²) in [7, 11) is 2.98. The third-order valence-corrected chi connectivity index (χ3v) is 2.66. The predicted molar refractivity (Wildman–Crippen MR) is 47.7 cm³/mol. The number of methoxy groups -OCH3 is 2. The standard InChI is InChI=1S/C9H16O5/c1-8(11-3)9(2,12-4)14-7(5-10)6-13-8/h5,7H,6H2,1-4H3/t7-,8+,9+/m1/s1. The van der Waals surface area contributed by atoms with Gasteiger partial charge in [-0.15, -0.1) is 0 Å². The van der Waals surface area contributed by atoms with E-state index in [-0.39, 0.29) is 6.61 Å². The van der Waals surface area contributed by atoms with Crippen molar-refractivity contribution in [3.8, 4) is 0 Å². The van der Waals surface area contributed by atoms with Gasteiger partial charge < -0.3 is 23.7 Å². The van der Waals surface area contributed by atoms with Gasteiger partial charge in [0.05, 0.1) is 6.61 Å². The topological polar surface area (TPSA) is 54.0 Å². The Kier molecular flexibility index (Phi) is 3.26. The highest BCUT2D eigenvalue weighted by atomic mass is 16.8. The fraction of sp³-hybridized carbons (Fsp3) is 0.889. The Morgan fingerprint density at radius 1 is 1.29 bits per heavy atom. The lowest BCUT2D eigenvalue weighted by molar-refractivity contribution is -0.424. The number of ether oxygens (including phenoxy) is 4. The normalized spacial score (nSPS) is 43.6. The van der Waals surface area contributed by atoms with E-state index in [1.54, 1.807) is 13.8 Å². The van der Waals surface area contributed by atoms with Crippen LogP contribution in [-0.4, -0.2) is 44.8 Å². The first kappa shape index (κ1) is 11.6. The largest absolute Gasteiger partial charge is 0.349 e. The Labute approximate surface area is 83.3 Å². The van der Waals surface area contributed by atoms with E-state index in [0.717, 1.165) is 0 Å². The van der Waals surface area contributed by atoms with Gasteiger partial charge in [0.15, 0.2) is 6.29 Å². The lowest BCUT2D eigenvalue weighted by Crippen LogP contribution is -2.62. The van der Waals surface area contributed by atoms with Crippen molar-refractivity contribution < 1.29 is 23.7 Å². The lowest BCUT2D eigenvalue weighted by Gasteiger charge is -2.47. The second kappa shape index (κ2) is 3.94. The molecule has 0 spiro atoms. The molecule has 0 aromatic heterocycles. The SMILES string of the molecule is CO[C@@]1(C)OC[C@@H](C=O)O[C@]1(C)OC. The van der Waals surface area contributed by atoms with Crippen molar-refractivity contribution in [1.82, 2.24) is 0 Å². The summed E-state index contributed by atoms with van der Waals surface area (Å²) in [6.45, 7) is 3.55. The van der Waals surface area contributed by atoms with Gasteiger partial charge in [-0.1, -0.05) is 0 Å². The molecule has 0 aromatic rings. The highest BCUT2D eigenvalue weighted by molar-refractivity contribution is 5.56. The van der Waals surface area contributed by atoms with Gasteiger partial charge in [-0.3, -0.25) is 0 Å². The zero-order valence-electron chi connectivity index (χ0n) is 8.90. The molecule has 0 radical (unpaired) electrons. The van der Waals surface area contributed by atoms with Crippen molar-refractivity contribution in [2.45, 2.75) is 31.5 Å². The van der Waals surface area contributed by atoms with Crippen molar-refractivity contribution in [2.75, 3.05) is 20.8 Å². The Bertz CT molecular complexity index is 219. The fourth-order valence-electron chi connectivity index (χ4n) is 1.35. The molecular formula is C9H16O5. The smallest absolute Gasteiger partial charge is 0.220 e. The van der Waals surface area contributed by atoms with Crippen LogP contribution in [0.5, 0.6) is 0 Å². The minimum Gasteiger partial charge on any atom is -0.349 e. The van der Waals surface area contributed by atoms with Crippen LogP contribution in [0.1, 0.15) is 13.8 Å². The van der Waals surface area contributed by atoms with E-state index in [1.807, 2.05) is 0 Å². The number of carbonyl (C=O) groups excluding carboxylic acids is 1. The van der Waals surface area contributed by atoms with Crippen molar-refractivity contribution in [3.63, 3.8) is 0 Å². The van der Waals surface area contributed by atoms with Crippen molar-refractivity contribution in [3.05, 3.63) is 0 Å². The van der Waals surface area contributed by atoms with E-state index < -0.39 is 17.7 Å². The predicted octanol–water partition coefficient (Wildman–Crippen LogP) is 0.326. The van der Waals surface area contributed by atoms with Gasteiger partial charge in [0.2, 0.25) is 11.6 Å². The highest BCUT2D eigenvalue weighted by Crippen LogP contribution is 2.35. The maximum absolute atomic E-state index is 10.6. The first-order valence-electron chi connectivity index (χ1n) is 4.38. The average Bonchev–Trinajstić information content (AvgIpc) is 2.22. The molecule has 1 heterocycles. The van der Waals surface area contributed by atoms with Crippen LogP contribution < -0.4 is 0 Å². The first-order chi connectivity index (χ1) is 6.51. The zero-order valence-corrected chi connectivity index (χ0v) is 8.90. The summed E-state index contributed by atoms with van der Waals surface area (Å²) < 4.78 is 21.2. The molecule has 1 aliphatic heterocycles. The van der Waals surface area contributed by atoms with Gasteiger partial charge in [-0.25, -0.2) is 0 Å². The van der Waals surface area contributed by atoms with Crippen molar-refractivity contribution in [2.24, 2.45) is 0 Å². The van der Waals surface area contributed by atoms with Gasteiger partial charge in [0, 0.05) is 14.2 Å². The molecule has 0 aromatic carbocycles. The second-order valence-electron chi connectivity index (χ2n) is 3.40. The molecule has 0 N–H and O–H groups in total. The Hall–Kier alpha value is -0.490. The summed E-state index contributed by atoms with van der Waals surface area (Å²) >= 11 is 0. The summed E-state index contributed by atoms with van der Waals surface area (Å²) in [6.07, 6.45) is 0.0788. The van der Waals surface area contributed by atoms with Crippen LogP contribution in [0.2, 0.25) is 0 Å². The molecule has 0 unspecified atom stereocenters. The Balaban J connectivity index is 2.86. The van der Waals surface area contributed by atoms with Crippen LogP contribution in [0.4, 0.5) is 0 Å². The first-order valence-corrected chi connectivity index (χ1v) is 4.38. The summed E-state index contributed by atoms with van der Waals surface area (Å²) in [5, 5.41) is 0. The summed E-state index contributed by atoms with van der Waals surface area (Å²) in [5.41, 5.74) is 0. The van der Waals surface area contributed by atoms with E-state index in [0.29, 0.717) is 6.29 Å². The van der Waals surface area contributed by atoms with E-state index in [2.05, 4.69) is 0 Å². The summed E-state index contributed by atoms with van der Waals surface area (Å²) in [6, 6.07) is 0. The van der Waals surface area contributed by atoms with E-state index >= 15 is 0 Å². The molecule has 1 rings (SSSR count). The molecule has 14 heavy (non-hydrogen) atoms. The van der Waals surface area contributed by atoms with Crippen LogP contribution in [0.25, 0.3) is 0 Å². The molecular weight excluding hydrogens is 188 g/mol. The molecule has 5 heteroatoms. The average molecular weight is 204 g/mol. The van der Waals surface area contributed by atoms with Crippen LogP contribution >= 0.6 is 0 Å². The summed E-state index contributed by atoms with van der Waals surface area (Å²) in [5.74, 6) is -2.08. The Morgan fingerprint density at radius 3 is 2.29 bits per heavy atom. The van der Waals surface area contributed by atoms with Gasteiger partial charge in [-0.05, 0) is 13.8 Å². The molecule has 3 atom stereocenters. The zero-order chi connectivity index (χ0) is 10.8. The highest BCUT2D eigenvalue weighted by Gasteiger charge is 2.53. The van der Waals surface area contributed by atoms with Gasteiger partial charge in [-0.2, -0.15) is 0 Å². The van der Waals surface area contributed by atoms with Crippen molar-refractivity contribution >= 4 is 6.29 Å². The monoisotopic (exact) mass is 204 g/mol. The van der Waals surface area contributed by atoms with Crippen LogP contribution in [0.15, 0.2) is 0 Å². The third-order valence-electron chi connectivity index (χ3n) is 2.66. The maximum Gasteiger partial charge on any atom is 0.220 e. The molecule has 0 amide bonds. The minimum atomic E-state index is -1.08. The minimum absolute atomic E-state index is 0.173. The molecule has 82 valence electrons. The van der Waals surface area contributed by atoms with Crippen LogP contribution in [0.3, 0.4) is 0 Å². The van der Waals surface area contributed by atoms with E-state index in [1.165, 1.54) is 14.2 Å². The molecule has 0 aliphatic carbocycles. The van der Waals surface area contributed by atoms with Gasteiger partial charge >= 0.3 is 0 Å². The van der Waals surface area contributed by atoms with Gasteiger partial charge in [0.1, 0.15) is 6.10 Å². The molecule has 1 saturated heterocycles. The quantitative estimate of drug-likeness (QED) is 0.620. The molecule has 0 saturated carbocycles. The van der Waals surface area contributed by atoms with E-state index in [9.17, 15) is 4.79 Å². The molecule has 5 nitrogen and oxygen atoms in total. The van der Waals surface area contributed by atoms with Crippen LogP contribution in [0, 0.1) is 0 Å². The fourth-order valence-corrected chi connectivity index (χ4v) is 1.35. The summed E-state index contributed by atoms with van der Waals surface area (Å²) in [4.78, 5) is 10.6. The number of carbonyl (C=O) groups is 1. The number of aldehydes is 1. The lowest BCUT2D eigenvalue weighted by atomic mass is 10.1. The number of rotatable bonds is 3. The van der Waals surface area contributed by atoms with E-state index in [4.69, 9.17) is 18.9 Å². The Morgan fingerprint density at radius 2 is 1.86 bits per heavy atom. The second-order valence-corrected chi connectivity index (χ2v) is 3.40. The molecule has 1 aliphatic rings. The van der Waals surface area contributed by atoms with Crippen LogP contribution in [-0.2, 0) is 23.7 Å². The number of hydrogen-bond donors (Lipinski definition) is 0. The molecule has 0 bridgehead atoms. The maximum atomic E-state index is 10.6. The number of hydrogen-bond acceptors (Lipinski definition) is 5. The van der Waals surface area contributed by atoms with Crippen molar-refractivity contribution in [1.29, 1.82) is 0 Å². The third kappa shape index (κ3) is 1.68.